The first-order valence-corrected chi connectivity index (χ1v) is 7.41. The molecule has 0 unspecified atom stereocenters. The summed E-state index contributed by atoms with van der Waals surface area (Å²) in [6, 6.07) is 6.33. The number of methoxy groups -OCH3 is 2. The summed E-state index contributed by atoms with van der Waals surface area (Å²) in [7, 11) is 3.29. The van der Waals surface area contributed by atoms with Crippen LogP contribution in [0.3, 0.4) is 0 Å². The smallest absolute Gasteiger partial charge is 0.126 e. The van der Waals surface area contributed by atoms with Gasteiger partial charge in [0.1, 0.15) is 17.2 Å². The summed E-state index contributed by atoms with van der Waals surface area (Å²) in [5.74, 6) is 2.30. The average Bonchev–Trinajstić information content (AvgIpc) is 2.99. The molecule has 0 heterocycles. The summed E-state index contributed by atoms with van der Waals surface area (Å²) in [6.45, 7) is 1.72. The Morgan fingerprint density at radius 3 is 2.20 bits per heavy atom. The Labute approximate surface area is 121 Å². The van der Waals surface area contributed by atoms with Crippen molar-refractivity contribution in [3.05, 3.63) is 18.2 Å². The monoisotopic (exact) mass is 279 g/mol. The maximum absolute atomic E-state index is 5.76. The molecule has 1 aromatic rings. The molecule has 0 aliphatic heterocycles. The van der Waals surface area contributed by atoms with E-state index in [1.165, 1.54) is 25.7 Å². The Bertz CT molecular complexity index is 380. The van der Waals surface area contributed by atoms with E-state index in [0.29, 0.717) is 6.61 Å². The van der Waals surface area contributed by atoms with E-state index in [-0.39, 0.29) is 0 Å². The first-order chi connectivity index (χ1) is 9.81. The van der Waals surface area contributed by atoms with Crippen LogP contribution in [0.25, 0.3) is 0 Å². The van der Waals surface area contributed by atoms with Crippen LogP contribution < -0.4 is 19.5 Å². The third kappa shape index (κ3) is 4.60. The number of ether oxygens (including phenoxy) is 3. The van der Waals surface area contributed by atoms with Crippen molar-refractivity contribution in [2.45, 2.75) is 38.1 Å². The van der Waals surface area contributed by atoms with Gasteiger partial charge in [0.2, 0.25) is 0 Å². The Hall–Kier alpha value is -1.42. The zero-order valence-corrected chi connectivity index (χ0v) is 12.5. The SMILES string of the molecule is COc1cc(OC)cc(OCCCNC2CCCC2)c1. The third-order valence-electron chi connectivity index (χ3n) is 3.70. The summed E-state index contributed by atoms with van der Waals surface area (Å²) in [6.07, 6.45) is 6.41. The number of nitrogens with one attached hydrogen (secondary N) is 1. The number of hydrogen-bond donors (Lipinski definition) is 1. The van der Waals surface area contributed by atoms with E-state index in [0.717, 1.165) is 36.3 Å². The molecule has 0 bridgehead atoms. The van der Waals surface area contributed by atoms with E-state index in [2.05, 4.69) is 5.32 Å². The van der Waals surface area contributed by atoms with E-state index in [4.69, 9.17) is 14.2 Å². The van der Waals surface area contributed by atoms with Crippen LogP contribution in [0.2, 0.25) is 0 Å². The normalized spacial score (nSPS) is 15.3. The zero-order valence-electron chi connectivity index (χ0n) is 12.5. The quantitative estimate of drug-likeness (QED) is 0.743. The Kier molecular flexibility index (Phi) is 5.99. The van der Waals surface area contributed by atoms with Crippen molar-refractivity contribution >= 4 is 0 Å². The standard InChI is InChI=1S/C16H25NO3/c1-18-14-10-15(19-2)12-16(11-14)20-9-5-8-17-13-6-3-4-7-13/h10-13,17H,3-9H2,1-2H3. The second-order valence-corrected chi connectivity index (χ2v) is 5.19. The van der Waals surface area contributed by atoms with Gasteiger partial charge in [0.05, 0.1) is 20.8 Å². The molecule has 1 aromatic carbocycles. The highest BCUT2D eigenvalue weighted by Crippen LogP contribution is 2.27. The van der Waals surface area contributed by atoms with E-state index >= 15 is 0 Å². The first kappa shape index (κ1) is 15.0. The molecule has 20 heavy (non-hydrogen) atoms. The Morgan fingerprint density at radius 2 is 1.60 bits per heavy atom. The van der Waals surface area contributed by atoms with Gasteiger partial charge in [-0.2, -0.15) is 0 Å². The molecule has 0 aromatic heterocycles. The predicted octanol–water partition coefficient (Wildman–Crippen LogP) is 3.00. The fraction of sp³-hybridized carbons (Fsp3) is 0.625. The van der Waals surface area contributed by atoms with Crippen LogP contribution in [0.1, 0.15) is 32.1 Å². The lowest BCUT2D eigenvalue weighted by Gasteiger charge is -2.13. The second kappa shape index (κ2) is 8.00. The summed E-state index contributed by atoms with van der Waals surface area (Å²) in [5, 5.41) is 3.58. The minimum atomic E-state index is 0.704. The van der Waals surface area contributed by atoms with E-state index in [9.17, 15) is 0 Å². The zero-order chi connectivity index (χ0) is 14.2. The van der Waals surface area contributed by atoms with Gasteiger partial charge in [-0.05, 0) is 25.8 Å². The van der Waals surface area contributed by atoms with Crippen LogP contribution in [-0.2, 0) is 0 Å². The summed E-state index contributed by atoms with van der Waals surface area (Å²) in [4.78, 5) is 0. The molecule has 0 amide bonds. The van der Waals surface area contributed by atoms with Crippen molar-refractivity contribution in [3.8, 4) is 17.2 Å². The van der Waals surface area contributed by atoms with Gasteiger partial charge in [0.25, 0.3) is 0 Å². The second-order valence-electron chi connectivity index (χ2n) is 5.19. The highest BCUT2D eigenvalue weighted by Gasteiger charge is 2.13. The number of benzene rings is 1. The summed E-state index contributed by atoms with van der Waals surface area (Å²) < 4.78 is 16.2. The van der Waals surface area contributed by atoms with Crippen molar-refractivity contribution in [2.24, 2.45) is 0 Å². The van der Waals surface area contributed by atoms with E-state index in [1.54, 1.807) is 14.2 Å². The molecule has 0 spiro atoms. The molecular formula is C16H25NO3. The van der Waals surface area contributed by atoms with Gasteiger partial charge >= 0.3 is 0 Å². The van der Waals surface area contributed by atoms with Crippen LogP contribution in [0, 0.1) is 0 Å². The Balaban J connectivity index is 1.70. The van der Waals surface area contributed by atoms with Crippen molar-refractivity contribution in [2.75, 3.05) is 27.4 Å². The largest absolute Gasteiger partial charge is 0.496 e. The third-order valence-corrected chi connectivity index (χ3v) is 3.70. The minimum Gasteiger partial charge on any atom is -0.496 e. The fourth-order valence-electron chi connectivity index (χ4n) is 2.56. The van der Waals surface area contributed by atoms with Gasteiger partial charge in [-0.15, -0.1) is 0 Å². The van der Waals surface area contributed by atoms with Crippen LogP contribution in [0.15, 0.2) is 18.2 Å². The van der Waals surface area contributed by atoms with Gasteiger partial charge in [-0.3, -0.25) is 0 Å². The molecule has 2 rings (SSSR count). The summed E-state index contributed by atoms with van der Waals surface area (Å²) in [5.41, 5.74) is 0. The topological polar surface area (TPSA) is 39.7 Å². The van der Waals surface area contributed by atoms with Crippen LogP contribution in [-0.4, -0.2) is 33.4 Å². The Morgan fingerprint density at radius 1 is 1.00 bits per heavy atom. The lowest BCUT2D eigenvalue weighted by atomic mass is 10.2. The molecule has 1 aliphatic rings. The number of rotatable bonds is 8. The molecule has 1 aliphatic carbocycles. The average molecular weight is 279 g/mol. The van der Waals surface area contributed by atoms with Gasteiger partial charge in [-0.1, -0.05) is 12.8 Å². The predicted molar refractivity (Wildman–Crippen MR) is 79.9 cm³/mol. The van der Waals surface area contributed by atoms with Gasteiger partial charge < -0.3 is 19.5 Å². The molecule has 4 heteroatoms. The highest BCUT2D eigenvalue weighted by atomic mass is 16.5. The van der Waals surface area contributed by atoms with E-state index in [1.807, 2.05) is 18.2 Å². The fourth-order valence-corrected chi connectivity index (χ4v) is 2.56. The van der Waals surface area contributed by atoms with Crippen LogP contribution in [0.4, 0.5) is 0 Å². The first-order valence-electron chi connectivity index (χ1n) is 7.41. The van der Waals surface area contributed by atoms with Crippen molar-refractivity contribution in [1.82, 2.24) is 5.32 Å². The molecule has 1 saturated carbocycles. The molecule has 1 N–H and O–H groups in total. The highest BCUT2D eigenvalue weighted by molar-refractivity contribution is 5.41. The van der Waals surface area contributed by atoms with Crippen molar-refractivity contribution < 1.29 is 14.2 Å². The molecule has 112 valence electrons. The van der Waals surface area contributed by atoms with Gasteiger partial charge in [0.15, 0.2) is 0 Å². The number of hydrogen-bond acceptors (Lipinski definition) is 4. The summed E-state index contributed by atoms with van der Waals surface area (Å²) >= 11 is 0. The molecule has 1 fully saturated rings. The van der Waals surface area contributed by atoms with Gasteiger partial charge in [0, 0.05) is 24.2 Å². The van der Waals surface area contributed by atoms with Crippen molar-refractivity contribution in [3.63, 3.8) is 0 Å². The lowest BCUT2D eigenvalue weighted by molar-refractivity contribution is 0.299. The molecular weight excluding hydrogens is 254 g/mol. The van der Waals surface area contributed by atoms with Crippen LogP contribution in [0.5, 0.6) is 17.2 Å². The molecule has 4 nitrogen and oxygen atoms in total. The van der Waals surface area contributed by atoms with Crippen LogP contribution >= 0.6 is 0 Å². The molecule has 0 saturated heterocycles. The van der Waals surface area contributed by atoms with E-state index < -0.39 is 0 Å². The lowest BCUT2D eigenvalue weighted by Crippen LogP contribution is -2.27. The van der Waals surface area contributed by atoms with Crippen molar-refractivity contribution in [1.29, 1.82) is 0 Å². The maximum Gasteiger partial charge on any atom is 0.126 e. The molecule has 0 radical (unpaired) electrons. The minimum absolute atomic E-state index is 0.704. The molecule has 0 atom stereocenters. The maximum atomic E-state index is 5.76. The van der Waals surface area contributed by atoms with Gasteiger partial charge in [-0.25, -0.2) is 0 Å².